The van der Waals surface area contributed by atoms with Crippen molar-refractivity contribution in [3.8, 4) is 0 Å². The summed E-state index contributed by atoms with van der Waals surface area (Å²) in [6, 6.07) is 0. The van der Waals surface area contributed by atoms with E-state index < -0.39 is 49.5 Å². The summed E-state index contributed by atoms with van der Waals surface area (Å²) < 4.78 is 87.7. The predicted molar refractivity (Wildman–Crippen MR) is 73.8 cm³/mol. The Labute approximate surface area is 144 Å². The fraction of sp³-hybridized carbons (Fsp3) is 0.571. The molecule has 26 heavy (non-hydrogen) atoms. The Morgan fingerprint density at radius 2 is 1.54 bits per heavy atom. The van der Waals surface area contributed by atoms with Crippen LogP contribution in [0.3, 0.4) is 0 Å². The van der Waals surface area contributed by atoms with E-state index in [1.807, 2.05) is 0 Å². The minimum absolute atomic E-state index is 0.107. The van der Waals surface area contributed by atoms with Crippen molar-refractivity contribution < 1.29 is 55.2 Å². The van der Waals surface area contributed by atoms with Crippen molar-refractivity contribution >= 4 is 11.9 Å². The Hall–Kier alpha value is -2.08. The maximum absolute atomic E-state index is 12.4. The van der Waals surface area contributed by atoms with E-state index in [9.17, 15) is 35.9 Å². The van der Waals surface area contributed by atoms with Crippen molar-refractivity contribution in [2.75, 3.05) is 26.4 Å². The van der Waals surface area contributed by atoms with Gasteiger partial charge in [-0.2, -0.15) is 26.3 Å². The lowest BCUT2D eigenvalue weighted by atomic mass is 9.99. The number of carbonyl (C=O) groups excluding carboxylic acids is 2. The van der Waals surface area contributed by atoms with E-state index in [4.69, 9.17) is 9.84 Å². The zero-order valence-electron chi connectivity index (χ0n) is 13.3. The third kappa shape index (κ3) is 7.04. The molecule has 0 aliphatic carbocycles. The maximum Gasteiger partial charge on any atom is 0.426 e. The molecule has 1 N–H and O–H groups in total. The van der Waals surface area contributed by atoms with Crippen molar-refractivity contribution in [3.63, 3.8) is 0 Å². The molecule has 6 nitrogen and oxygen atoms in total. The first-order valence-electron chi connectivity index (χ1n) is 6.81. The Bertz CT molecular complexity index is 511. The zero-order valence-corrected chi connectivity index (χ0v) is 13.3. The van der Waals surface area contributed by atoms with Gasteiger partial charge in [0.2, 0.25) is 0 Å². The number of ether oxygens (including phenoxy) is 3. The molecule has 0 spiro atoms. The second kappa shape index (κ2) is 9.57. The summed E-state index contributed by atoms with van der Waals surface area (Å²) in [6.45, 7) is 4.01. The molecule has 0 unspecified atom stereocenters. The van der Waals surface area contributed by atoms with Crippen molar-refractivity contribution in [2.45, 2.75) is 24.4 Å². The van der Waals surface area contributed by atoms with E-state index >= 15 is 0 Å². The molecule has 12 heteroatoms. The summed E-state index contributed by atoms with van der Waals surface area (Å²) in [6.07, 6.45) is -12.6. The van der Waals surface area contributed by atoms with Crippen LogP contribution in [0.15, 0.2) is 24.8 Å². The highest BCUT2D eigenvalue weighted by atomic mass is 19.4. The summed E-state index contributed by atoms with van der Waals surface area (Å²) >= 11 is 0. The Morgan fingerprint density at radius 1 is 1.00 bits per heavy atom. The normalized spacial score (nSPS) is 12.4. The minimum Gasteiger partial charge on any atom is -0.463 e. The SMILES string of the molecule is C=CCOCC(=C)C(=O)OCC(=O)OCCC(O)(C(F)(F)F)C(F)(F)F. The van der Waals surface area contributed by atoms with Gasteiger partial charge in [-0.05, 0) is 0 Å². The maximum atomic E-state index is 12.4. The van der Waals surface area contributed by atoms with E-state index in [1.54, 1.807) is 0 Å². The van der Waals surface area contributed by atoms with Crippen LogP contribution in [0.1, 0.15) is 6.42 Å². The van der Waals surface area contributed by atoms with E-state index in [0.717, 1.165) is 0 Å². The van der Waals surface area contributed by atoms with E-state index in [1.165, 1.54) is 6.08 Å². The lowest BCUT2D eigenvalue weighted by molar-refractivity contribution is -0.371. The molecule has 0 aliphatic rings. The van der Waals surface area contributed by atoms with Gasteiger partial charge in [-0.3, -0.25) is 0 Å². The van der Waals surface area contributed by atoms with Crippen LogP contribution in [-0.4, -0.2) is 61.4 Å². The van der Waals surface area contributed by atoms with Crippen LogP contribution in [0.5, 0.6) is 0 Å². The highest BCUT2D eigenvalue weighted by molar-refractivity contribution is 5.89. The van der Waals surface area contributed by atoms with Crippen LogP contribution in [-0.2, 0) is 23.8 Å². The summed E-state index contributed by atoms with van der Waals surface area (Å²) in [5.41, 5.74) is -5.23. The van der Waals surface area contributed by atoms with E-state index in [0.29, 0.717) is 0 Å². The van der Waals surface area contributed by atoms with Gasteiger partial charge in [0.15, 0.2) is 6.61 Å². The fourth-order valence-electron chi connectivity index (χ4n) is 1.35. The number of alkyl halides is 6. The van der Waals surface area contributed by atoms with Crippen LogP contribution in [0.4, 0.5) is 26.3 Å². The number of aliphatic hydroxyl groups is 1. The Morgan fingerprint density at radius 3 is 2.00 bits per heavy atom. The summed E-state index contributed by atoms with van der Waals surface area (Å²) in [5, 5.41) is 8.83. The van der Waals surface area contributed by atoms with Gasteiger partial charge in [0.1, 0.15) is 0 Å². The lowest BCUT2D eigenvalue weighted by Crippen LogP contribution is -2.57. The molecule has 0 aromatic heterocycles. The molecular weight excluding hydrogens is 378 g/mol. The standard InChI is InChI=1S/C14H16F6O6/c1-3-5-24-7-9(2)11(22)26-8-10(21)25-6-4-12(23,13(15,16)17)14(18,19)20/h3,23H,1-2,4-8H2. The average Bonchev–Trinajstić information content (AvgIpc) is 2.50. The van der Waals surface area contributed by atoms with Gasteiger partial charge >= 0.3 is 24.3 Å². The van der Waals surface area contributed by atoms with E-state index in [-0.39, 0.29) is 18.8 Å². The molecule has 0 amide bonds. The quantitative estimate of drug-likeness (QED) is 0.201. The molecule has 0 heterocycles. The summed E-state index contributed by atoms with van der Waals surface area (Å²) in [5.74, 6) is -2.49. The summed E-state index contributed by atoms with van der Waals surface area (Å²) in [4.78, 5) is 22.6. The van der Waals surface area contributed by atoms with Crippen molar-refractivity contribution in [1.82, 2.24) is 0 Å². The molecule has 150 valence electrons. The molecule has 0 saturated heterocycles. The Kier molecular flexibility index (Phi) is 8.81. The van der Waals surface area contributed by atoms with Gasteiger partial charge < -0.3 is 19.3 Å². The van der Waals surface area contributed by atoms with E-state index in [2.05, 4.69) is 22.6 Å². The molecule has 0 aromatic carbocycles. The molecule has 0 fully saturated rings. The topological polar surface area (TPSA) is 82.1 Å². The zero-order chi connectivity index (χ0) is 20.6. The number of esters is 2. The molecule has 0 atom stereocenters. The van der Waals surface area contributed by atoms with Gasteiger partial charge in [0.05, 0.1) is 25.4 Å². The molecule has 0 radical (unpaired) electrons. The predicted octanol–water partition coefficient (Wildman–Crippen LogP) is 2.08. The van der Waals surface area contributed by atoms with Crippen LogP contribution < -0.4 is 0 Å². The van der Waals surface area contributed by atoms with Gasteiger partial charge in [-0.15, -0.1) is 6.58 Å². The first kappa shape index (κ1) is 23.9. The van der Waals surface area contributed by atoms with Crippen LogP contribution >= 0.6 is 0 Å². The molecule has 0 bridgehead atoms. The first-order valence-corrected chi connectivity index (χ1v) is 6.81. The average molecular weight is 394 g/mol. The first-order chi connectivity index (χ1) is 11.8. The monoisotopic (exact) mass is 394 g/mol. The van der Waals surface area contributed by atoms with Crippen molar-refractivity contribution in [2.24, 2.45) is 0 Å². The van der Waals surface area contributed by atoms with Gasteiger partial charge in [0, 0.05) is 6.42 Å². The smallest absolute Gasteiger partial charge is 0.426 e. The number of hydrogen-bond acceptors (Lipinski definition) is 6. The third-order valence-electron chi connectivity index (χ3n) is 2.79. The largest absolute Gasteiger partial charge is 0.463 e. The van der Waals surface area contributed by atoms with Gasteiger partial charge in [0.25, 0.3) is 5.60 Å². The van der Waals surface area contributed by atoms with Crippen molar-refractivity contribution in [1.29, 1.82) is 0 Å². The van der Waals surface area contributed by atoms with Crippen LogP contribution in [0.2, 0.25) is 0 Å². The number of hydrogen-bond donors (Lipinski definition) is 1. The molecule has 0 saturated carbocycles. The second-order valence-electron chi connectivity index (χ2n) is 4.81. The highest BCUT2D eigenvalue weighted by Gasteiger charge is 2.70. The van der Waals surface area contributed by atoms with Crippen LogP contribution in [0, 0.1) is 0 Å². The fourth-order valence-corrected chi connectivity index (χ4v) is 1.35. The number of carbonyl (C=O) groups is 2. The van der Waals surface area contributed by atoms with Gasteiger partial charge in [-0.1, -0.05) is 12.7 Å². The number of rotatable bonds is 10. The molecule has 0 rings (SSSR count). The number of halogens is 6. The highest BCUT2D eigenvalue weighted by Crippen LogP contribution is 2.45. The third-order valence-corrected chi connectivity index (χ3v) is 2.79. The lowest BCUT2D eigenvalue weighted by Gasteiger charge is -2.31. The molecular formula is C14H16F6O6. The second-order valence-corrected chi connectivity index (χ2v) is 4.81. The molecule has 0 aliphatic heterocycles. The Balaban J connectivity index is 4.40. The molecule has 0 aromatic rings. The van der Waals surface area contributed by atoms with Crippen LogP contribution in [0.25, 0.3) is 0 Å². The van der Waals surface area contributed by atoms with Gasteiger partial charge in [-0.25, -0.2) is 9.59 Å². The minimum atomic E-state index is -6.02. The summed E-state index contributed by atoms with van der Waals surface area (Å²) in [7, 11) is 0. The van der Waals surface area contributed by atoms with Crippen molar-refractivity contribution in [3.05, 3.63) is 24.8 Å².